The molecule has 0 saturated heterocycles. The van der Waals surface area contributed by atoms with Crippen LogP contribution in [0.4, 0.5) is 0 Å². The van der Waals surface area contributed by atoms with E-state index in [1.54, 1.807) is 12.5 Å². The fraction of sp³-hybridized carbons (Fsp3) is 0.545. The number of aryl methyl sites for hydroxylation is 1. The average Bonchev–Trinajstić information content (AvgIpc) is 2.88. The van der Waals surface area contributed by atoms with E-state index >= 15 is 0 Å². The van der Waals surface area contributed by atoms with Gasteiger partial charge < -0.3 is 20.8 Å². The molecular formula is C11H19N5O2. The second-order valence-corrected chi connectivity index (χ2v) is 3.93. The van der Waals surface area contributed by atoms with Gasteiger partial charge in [-0.1, -0.05) is 12.1 Å². The number of carbonyl (C=O) groups is 1. The standard InChI is InChI=1S/C11H19N5O2/c1-2-9(10(12)15-18)11(17)14-4-3-6-16-7-5-13-8-16/h5,7-9,18H,2-4,6H2,1H3,(H2,12,15)(H,14,17). The van der Waals surface area contributed by atoms with Crippen LogP contribution in [0.2, 0.25) is 0 Å². The van der Waals surface area contributed by atoms with Crippen molar-refractivity contribution in [3.8, 4) is 0 Å². The average molecular weight is 253 g/mol. The van der Waals surface area contributed by atoms with Gasteiger partial charge in [0, 0.05) is 25.5 Å². The molecule has 4 N–H and O–H groups in total. The minimum Gasteiger partial charge on any atom is -0.409 e. The third kappa shape index (κ3) is 4.08. The van der Waals surface area contributed by atoms with Gasteiger partial charge in [0.1, 0.15) is 0 Å². The predicted octanol–water partition coefficient (Wildman–Crippen LogP) is 0.162. The van der Waals surface area contributed by atoms with Crippen molar-refractivity contribution in [2.75, 3.05) is 6.54 Å². The normalized spacial score (nSPS) is 13.3. The number of amides is 1. The van der Waals surface area contributed by atoms with Crippen molar-refractivity contribution >= 4 is 11.7 Å². The fourth-order valence-corrected chi connectivity index (χ4v) is 1.61. The summed E-state index contributed by atoms with van der Waals surface area (Å²) in [6.45, 7) is 3.15. The maximum absolute atomic E-state index is 11.7. The van der Waals surface area contributed by atoms with Crippen molar-refractivity contribution < 1.29 is 10.0 Å². The van der Waals surface area contributed by atoms with Gasteiger partial charge in [0.25, 0.3) is 0 Å². The first kappa shape index (κ1) is 14.0. The predicted molar refractivity (Wildman–Crippen MR) is 67.0 cm³/mol. The van der Waals surface area contributed by atoms with Crippen LogP contribution in [0.3, 0.4) is 0 Å². The van der Waals surface area contributed by atoms with Crippen LogP contribution in [0.1, 0.15) is 19.8 Å². The van der Waals surface area contributed by atoms with Crippen LogP contribution in [-0.4, -0.2) is 33.0 Å². The molecule has 1 unspecified atom stereocenters. The number of aromatic nitrogens is 2. The first-order chi connectivity index (χ1) is 8.69. The topological polar surface area (TPSA) is 106 Å². The van der Waals surface area contributed by atoms with E-state index in [4.69, 9.17) is 10.9 Å². The summed E-state index contributed by atoms with van der Waals surface area (Å²) in [5, 5.41) is 14.2. The Bertz CT molecular complexity index is 388. The number of hydrogen-bond acceptors (Lipinski definition) is 4. The summed E-state index contributed by atoms with van der Waals surface area (Å²) in [6, 6.07) is 0. The molecular weight excluding hydrogens is 234 g/mol. The van der Waals surface area contributed by atoms with Gasteiger partial charge in [0.15, 0.2) is 5.84 Å². The first-order valence-electron chi connectivity index (χ1n) is 5.90. The monoisotopic (exact) mass is 253 g/mol. The molecule has 100 valence electrons. The Kier molecular flexibility index (Phi) is 5.69. The van der Waals surface area contributed by atoms with E-state index < -0.39 is 5.92 Å². The molecule has 7 nitrogen and oxygen atoms in total. The molecule has 7 heteroatoms. The van der Waals surface area contributed by atoms with Crippen molar-refractivity contribution in [2.45, 2.75) is 26.3 Å². The number of hydrogen-bond donors (Lipinski definition) is 3. The van der Waals surface area contributed by atoms with Crippen LogP contribution < -0.4 is 11.1 Å². The van der Waals surface area contributed by atoms with E-state index in [9.17, 15) is 4.79 Å². The van der Waals surface area contributed by atoms with Crippen LogP contribution in [-0.2, 0) is 11.3 Å². The SMILES string of the molecule is CCC(C(=O)NCCCn1ccnc1)C(N)=NO. The second-order valence-electron chi connectivity index (χ2n) is 3.93. The van der Waals surface area contributed by atoms with Crippen LogP contribution in [0.5, 0.6) is 0 Å². The number of carbonyl (C=O) groups excluding carboxylic acids is 1. The lowest BCUT2D eigenvalue weighted by molar-refractivity contribution is -0.123. The second kappa shape index (κ2) is 7.31. The van der Waals surface area contributed by atoms with Gasteiger partial charge in [0.05, 0.1) is 12.2 Å². The molecule has 0 fully saturated rings. The summed E-state index contributed by atoms with van der Waals surface area (Å²) in [5.41, 5.74) is 5.44. The molecule has 0 saturated carbocycles. The summed E-state index contributed by atoms with van der Waals surface area (Å²) < 4.78 is 1.94. The molecule has 1 aromatic heterocycles. The molecule has 0 aliphatic heterocycles. The van der Waals surface area contributed by atoms with Crippen LogP contribution >= 0.6 is 0 Å². The van der Waals surface area contributed by atoms with E-state index in [1.807, 2.05) is 17.7 Å². The number of rotatable bonds is 7. The Labute approximate surface area is 106 Å². The Morgan fingerprint density at radius 2 is 2.44 bits per heavy atom. The number of amidine groups is 1. The van der Waals surface area contributed by atoms with Crippen molar-refractivity contribution in [3.63, 3.8) is 0 Å². The maximum atomic E-state index is 11.7. The zero-order valence-electron chi connectivity index (χ0n) is 10.4. The van der Waals surface area contributed by atoms with Gasteiger partial charge in [0.2, 0.25) is 5.91 Å². The highest BCUT2D eigenvalue weighted by Crippen LogP contribution is 2.02. The smallest absolute Gasteiger partial charge is 0.230 e. The minimum atomic E-state index is -0.566. The molecule has 1 atom stereocenters. The molecule has 0 radical (unpaired) electrons. The molecule has 0 spiro atoms. The van der Waals surface area contributed by atoms with Gasteiger partial charge >= 0.3 is 0 Å². The Balaban J connectivity index is 2.27. The van der Waals surface area contributed by atoms with Gasteiger partial charge in [-0.25, -0.2) is 4.98 Å². The molecule has 18 heavy (non-hydrogen) atoms. The highest BCUT2D eigenvalue weighted by atomic mass is 16.4. The number of nitrogens with one attached hydrogen (secondary N) is 1. The third-order valence-electron chi connectivity index (χ3n) is 2.65. The van der Waals surface area contributed by atoms with Crippen LogP contribution in [0.15, 0.2) is 23.9 Å². The number of oxime groups is 1. The lowest BCUT2D eigenvalue weighted by Gasteiger charge is -2.13. The molecule has 1 heterocycles. The summed E-state index contributed by atoms with van der Waals surface area (Å²) >= 11 is 0. The van der Waals surface area contributed by atoms with E-state index in [0.717, 1.165) is 13.0 Å². The highest BCUT2D eigenvalue weighted by molar-refractivity contribution is 6.01. The van der Waals surface area contributed by atoms with Gasteiger partial charge in [-0.05, 0) is 12.8 Å². The zero-order chi connectivity index (χ0) is 13.4. The van der Waals surface area contributed by atoms with E-state index in [0.29, 0.717) is 13.0 Å². The van der Waals surface area contributed by atoms with Gasteiger partial charge in [-0.3, -0.25) is 4.79 Å². The third-order valence-corrected chi connectivity index (χ3v) is 2.65. The molecule has 0 aliphatic rings. The first-order valence-corrected chi connectivity index (χ1v) is 5.90. The van der Waals surface area contributed by atoms with Crippen molar-refractivity contribution in [1.82, 2.24) is 14.9 Å². The molecule has 0 aliphatic carbocycles. The zero-order valence-corrected chi connectivity index (χ0v) is 10.4. The van der Waals surface area contributed by atoms with E-state index in [2.05, 4.69) is 15.5 Å². The molecule has 1 amide bonds. The van der Waals surface area contributed by atoms with Crippen LogP contribution in [0.25, 0.3) is 0 Å². The van der Waals surface area contributed by atoms with Crippen molar-refractivity contribution in [1.29, 1.82) is 0 Å². The molecule has 0 aromatic carbocycles. The lowest BCUT2D eigenvalue weighted by atomic mass is 10.0. The van der Waals surface area contributed by atoms with Gasteiger partial charge in [-0.2, -0.15) is 0 Å². The van der Waals surface area contributed by atoms with Crippen LogP contribution in [0, 0.1) is 5.92 Å². The largest absolute Gasteiger partial charge is 0.409 e. The Morgan fingerprint density at radius 3 is 3.00 bits per heavy atom. The van der Waals surface area contributed by atoms with Crippen molar-refractivity contribution in [2.24, 2.45) is 16.8 Å². The quantitative estimate of drug-likeness (QED) is 0.211. The van der Waals surface area contributed by atoms with E-state index in [1.165, 1.54) is 0 Å². The molecule has 1 rings (SSSR count). The summed E-state index contributed by atoms with van der Waals surface area (Å²) in [4.78, 5) is 15.7. The summed E-state index contributed by atoms with van der Waals surface area (Å²) in [6.07, 6.45) is 6.61. The van der Waals surface area contributed by atoms with Gasteiger partial charge in [-0.15, -0.1) is 0 Å². The molecule has 0 bridgehead atoms. The molecule has 1 aromatic rings. The lowest BCUT2D eigenvalue weighted by Crippen LogP contribution is -2.39. The fourth-order valence-electron chi connectivity index (χ4n) is 1.61. The number of imidazole rings is 1. The Hall–Kier alpha value is -2.05. The summed E-state index contributed by atoms with van der Waals surface area (Å²) in [7, 11) is 0. The summed E-state index contributed by atoms with van der Waals surface area (Å²) in [5.74, 6) is -0.828. The minimum absolute atomic E-state index is 0.0513. The van der Waals surface area contributed by atoms with E-state index in [-0.39, 0.29) is 11.7 Å². The Morgan fingerprint density at radius 1 is 1.67 bits per heavy atom. The number of nitrogens with zero attached hydrogens (tertiary/aromatic N) is 3. The maximum Gasteiger partial charge on any atom is 0.230 e. The highest BCUT2D eigenvalue weighted by Gasteiger charge is 2.20. The van der Waals surface area contributed by atoms with Crippen molar-refractivity contribution in [3.05, 3.63) is 18.7 Å². The number of nitrogens with two attached hydrogens (primary N) is 1.